The molecule has 0 saturated carbocycles. The molecule has 1 saturated heterocycles. The van der Waals surface area contributed by atoms with Crippen molar-refractivity contribution >= 4 is 16.7 Å². The van der Waals surface area contributed by atoms with Crippen LogP contribution < -0.4 is 10.1 Å². The first kappa shape index (κ1) is 18.0. The molecule has 1 fully saturated rings. The molecule has 176 valence electrons. The van der Waals surface area contributed by atoms with Crippen molar-refractivity contribution in [2.24, 2.45) is 0 Å². The predicted molar refractivity (Wildman–Crippen MR) is 113 cm³/mol. The van der Waals surface area contributed by atoms with Gasteiger partial charge in [-0.25, -0.2) is 4.79 Å². The number of aliphatic hydroxyl groups excluding tert-OH is 3. The summed E-state index contributed by atoms with van der Waals surface area (Å²) in [5.41, 5.74) is 0. The molecule has 1 unspecified atom stereocenters. The first-order valence-corrected chi connectivity index (χ1v) is 9.80. The Morgan fingerprint density at radius 2 is 1.84 bits per heavy atom. The number of hydrogen-bond acceptors (Lipinski definition) is 9. The lowest BCUT2D eigenvalue weighted by Gasteiger charge is -2.39. The summed E-state index contributed by atoms with van der Waals surface area (Å²) in [5.74, 6) is -2.08. The van der Waals surface area contributed by atoms with Crippen LogP contribution in [0.25, 0.3) is 10.8 Å². The molecule has 0 aromatic heterocycles. The van der Waals surface area contributed by atoms with Crippen molar-refractivity contribution in [1.29, 1.82) is 0 Å². The summed E-state index contributed by atoms with van der Waals surface area (Å²) >= 11 is 0. The topological polar surface area (TPSA) is 158 Å². The highest BCUT2D eigenvalue weighted by molar-refractivity contribution is 5.92. The van der Waals surface area contributed by atoms with Crippen LogP contribution in [0.5, 0.6) is 11.5 Å². The third-order valence-electron chi connectivity index (χ3n) is 4.64. The van der Waals surface area contributed by atoms with E-state index in [2.05, 4.69) is 5.32 Å². The molecule has 32 heavy (non-hydrogen) atoms. The largest absolute Gasteiger partial charge is 0.507 e. The van der Waals surface area contributed by atoms with E-state index in [9.17, 15) is 30.3 Å². The number of nitrogens with one attached hydrogen (secondary N) is 1. The molecule has 6 N–H and O–H groups in total. The number of aliphatic carboxylic acids is 1. The minimum Gasteiger partial charge on any atom is -0.507 e. The van der Waals surface area contributed by atoms with Crippen molar-refractivity contribution in [3.8, 4) is 11.5 Å². The third kappa shape index (κ3) is 5.47. The van der Waals surface area contributed by atoms with Gasteiger partial charge >= 0.3 is 5.97 Å². The number of carbonyl (C=O) groups is 1. The van der Waals surface area contributed by atoms with Crippen LogP contribution in [0.15, 0.2) is 36.4 Å². The maximum Gasteiger partial charge on any atom is 0.335 e. The maximum atomic E-state index is 11.5. The van der Waals surface area contributed by atoms with Crippen molar-refractivity contribution in [3.63, 3.8) is 0 Å². The molecule has 0 radical (unpaired) electrons. The average molecular weight is 457 g/mol. The van der Waals surface area contributed by atoms with E-state index in [1.165, 1.54) is 38.1 Å². The minimum absolute atomic E-state index is 0.139. The Morgan fingerprint density at radius 1 is 1.16 bits per heavy atom. The Hall–Kier alpha value is -2.47. The molecule has 0 amide bonds. The minimum atomic E-state index is -3.43. The standard InChI is InChI=1S/C22H29NO9/c1-11(2)23-9-12(31-22-19(27)17(25)18(26)20(32-22)21(28)29)10-30-16-8-7-15(24)13-5-3-4-6-14(13)16/h3-8,11-12,17-20,22-27H,9-10H2,1-2H3,(H,28,29)/t12?,17-,18-,19+,20-,22+/m0/s1/i9D2,10D2,12D. The highest BCUT2D eigenvalue weighted by atomic mass is 16.7. The molecule has 3 rings (SSSR count). The SMILES string of the molecule is [2H]C([2H])(NC(C)C)C([2H])(O[C@@H]1O[C@H](C(=O)O)[C@@H](O)[C@H](O)[C@H]1O)C([2H])([2H])Oc1ccc(O)c2ccccc12. The van der Waals surface area contributed by atoms with Crippen molar-refractivity contribution in [3.05, 3.63) is 36.4 Å². The van der Waals surface area contributed by atoms with Crippen LogP contribution in [-0.2, 0) is 14.3 Å². The zero-order chi connectivity index (χ0) is 27.9. The first-order valence-electron chi connectivity index (χ1n) is 12.3. The van der Waals surface area contributed by atoms with E-state index in [1.807, 2.05) is 0 Å². The van der Waals surface area contributed by atoms with Gasteiger partial charge in [0.15, 0.2) is 12.4 Å². The molecule has 0 bridgehead atoms. The Balaban J connectivity index is 2.08. The van der Waals surface area contributed by atoms with Crippen LogP contribution >= 0.6 is 0 Å². The molecule has 6 atom stereocenters. The van der Waals surface area contributed by atoms with Gasteiger partial charge in [0.2, 0.25) is 0 Å². The maximum absolute atomic E-state index is 11.5. The van der Waals surface area contributed by atoms with Crippen LogP contribution in [0.1, 0.15) is 20.7 Å². The van der Waals surface area contributed by atoms with Gasteiger partial charge in [-0.2, -0.15) is 0 Å². The lowest BCUT2D eigenvalue weighted by atomic mass is 9.99. The molecule has 10 heteroatoms. The second kappa shape index (κ2) is 10.4. The molecule has 0 aliphatic carbocycles. The smallest absolute Gasteiger partial charge is 0.335 e. The summed E-state index contributed by atoms with van der Waals surface area (Å²) in [6.45, 7) is -3.45. The molecule has 2 aromatic rings. The number of phenolic OH excluding ortho intramolecular Hbond substituents is 1. The number of carboxylic acid groups (broad SMARTS) is 1. The second-order valence-electron chi connectivity index (χ2n) is 7.44. The Labute approximate surface area is 192 Å². The van der Waals surface area contributed by atoms with Crippen LogP contribution in [-0.4, -0.2) is 87.4 Å². The van der Waals surface area contributed by atoms with Gasteiger partial charge in [-0.3, -0.25) is 0 Å². The zero-order valence-electron chi connectivity index (χ0n) is 22.3. The summed E-state index contributed by atoms with van der Waals surface area (Å²) in [6.07, 6.45) is -14.2. The molecule has 0 spiro atoms. The van der Waals surface area contributed by atoms with Crippen molar-refractivity contribution < 1.29 is 51.4 Å². The lowest BCUT2D eigenvalue weighted by Crippen LogP contribution is -2.61. The highest BCUT2D eigenvalue weighted by Gasteiger charge is 2.48. The summed E-state index contributed by atoms with van der Waals surface area (Å²) in [4.78, 5) is 11.5. The van der Waals surface area contributed by atoms with Crippen molar-refractivity contribution in [1.82, 2.24) is 5.32 Å². The molecular formula is C22H29NO9. The van der Waals surface area contributed by atoms with E-state index in [0.717, 1.165) is 0 Å². The van der Waals surface area contributed by atoms with Gasteiger partial charge < -0.3 is 45.1 Å². The first-order chi connectivity index (χ1) is 17.0. The summed E-state index contributed by atoms with van der Waals surface area (Å²) in [6, 6.07) is 7.98. The second-order valence-corrected chi connectivity index (χ2v) is 7.44. The van der Waals surface area contributed by atoms with E-state index in [0.29, 0.717) is 0 Å². The highest BCUT2D eigenvalue weighted by Crippen LogP contribution is 2.32. The number of fused-ring (bicyclic) bond motifs is 1. The fourth-order valence-electron chi connectivity index (χ4n) is 3.00. The number of hydrogen-bond donors (Lipinski definition) is 6. The van der Waals surface area contributed by atoms with Gasteiger partial charge in [0.1, 0.15) is 42.4 Å². The molecule has 1 aliphatic heterocycles. The van der Waals surface area contributed by atoms with E-state index < -0.39 is 61.9 Å². The predicted octanol–water partition coefficient (Wildman–Crippen LogP) is 0.200. The summed E-state index contributed by atoms with van der Waals surface area (Å²) in [5, 5.41) is 52.7. The van der Waals surface area contributed by atoms with Gasteiger partial charge in [-0.1, -0.05) is 38.1 Å². The van der Waals surface area contributed by atoms with Gasteiger partial charge in [-0.05, 0) is 12.1 Å². The molecule has 1 heterocycles. The third-order valence-corrected chi connectivity index (χ3v) is 4.64. The fraction of sp³-hybridized carbons (Fsp3) is 0.500. The van der Waals surface area contributed by atoms with Crippen LogP contribution in [0, 0.1) is 0 Å². The zero-order valence-corrected chi connectivity index (χ0v) is 17.3. The average Bonchev–Trinajstić information content (AvgIpc) is 2.80. The number of benzene rings is 2. The van der Waals surface area contributed by atoms with Gasteiger partial charge in [-0.15, -0.1) is 0 Å². The van der Waals surface area contributed by atoms with Crippen LogP contribution in [0.4, 0.5) is 0 Å². The van der Waals surface area contributed by atoms with E-state index in [1.54, 1.807) is 12.1 Å². The number of aromatic hydroxyl groups is 1. The Morgan fingerprint density at radius 3 is 2.50 bits per heavy atom. The van der Waals surface area contributed by atoms with E-state index in [-0.39, 0.29) is 22.3 Å². The Kier molecular flexibility index (Phi) is 5.87. The number of ether oxygens (including phenoxy) is 3. The number of carboxylic acids is 1. The molecule has 1 aliphatic rings. The normalized spacial score (nSPS) is 31.1. The fourth-order valence-corrected chi connectivity index (χ4v) is 3.00. The van der Waals surface area contributed by atoms with E-state index in [4.69, 9.17) is 21.1 Å². The molecule has 2 aromatic carbocycles. The van der Waals surface area contributed by atoms with Crippen LogP contribution in [0.3, 0.4) is 0 Å². The van der Waals surface area contributed by atoms with Crippen molar-refractivity contribution in [2.45, 2.75) is 56.7 Å². The van der Waals surface area contributed by atoms with Crippen molar-refractivity contribution in [2.75, 3.05) is 13.1 Å². The number of aliphatic hydroxyl groups is 3. The number of rotatable bonds is 9. The van der Waals surface area contributed by atoms with Gasteiger partial charge in [0.25, 0.3) is 0 Å². The van der Waals surface area contributed by atoms with Gasteiger partial charge in [0.05, 0.1) is 4.11 Å². The van der Waals surface area contributed by atoms with Gasteiger partial charge in [0, 0.05) is 26.1 Å². The summed E-state index contributed by atoms with van der Waals surface area (Å²) in [7, 11) is 0. The Bertz CT molecular complexity index is 1140. The number of phenols is 1. The van der Waals surface area contributed by atoms with Crippen LogP contribution in [0.2, 0.25) is 0 Å². The van der Waals surface area contributed by atoms with E-state index >= 15 is 0 Å². The molecular weight excluding hydrogens is 422 g/mol. The molecule has 10 nitrogen and oxygen atoms in total. The lowest BCUT2D eigenvalue weighted by molar-refractivity contribution is -0.305. The summed E-state index contributed by atoms with van der Waals surface area (Å²) < 4.78 is 58.7. The quantitative estimate of drug-likeness (QED) is 0.308. The monoisotopic (exact) mass is 456 g/mol.